The minimum absolute atomic E-state index is 0.0375. The minimum atomic E-state index is -2.94. The van der Waals surface area contributed by atoms with Crippen molar-refractivity contribution in [1.29, 1.82) is 0 Å². The zero-order chi connectivity index (χ0) is 17.4. The molecule has 0 radical (unpaired) electrons. The summed E-state index contributed by atoms with van der Waals surface area (Å²) in [6, 6.07) is 7.39. The lowest BCUT2D eigenvalue weighted by Crippen LogP contribution is -2.28. The predicted molar refractivity (Wildman–Crippen MR) is 98.7 cm³/mol. The van der Waals surface area contributed by atoms with Gasteiger partial charge in [-0.25, -0.2) is 8.42 Å². The molecule has 1 N–H and O–H groups in total. The number of carbonyl (C=O) groups is 1. The summed E-state index contributed by atoms with van der Waals surface area (Å²) < 4.78 is 23.5. The van der Waals surface area contributed by atoms with E-state index in [9.17, 15) is 13.2 Å². The molecule has 1 saturated carbocycles. The number of amides is 1. The van der Waals surface area contributed by atoms with Gasteiger partial charge < -0.3 is 5.32 Å². The number of aliphatic imine (C=N–C) groups is 1. The standard InChI is InChI=1S/C19H24N2O3S/c22-19-17(11-13-9-10-25(23,24)12-13)20-18(14-5-1-2-6-14)15-7-3-4-8-16(15)21-19/h3-4,7-8,13-14,17H,1-2,5-6,9-12H2,(H,21,22). The summed E-state index contributed by atoms with van der Waals surface area (Å²) in [7, 11) is -2.94. The fourth-order valence-corrected chi connectivity index (χ4v) is 6.27. The van der Waals surface area contributed by atoms with Crippen LogP contribution in [0.15, 0.2) is 29.3 Å². The lowest BCUT2D eigenvalue weighted by molar-refractivity contribution is -0.117. The largest absolute Gasteiger partial charge is 0.324 e. The molecule has 0 spiro atoms. The lowest BCUT2D eigenvalue weighted by Gasteiger charge is -2.17. The Labute approximate surface area is 148 Å². The fraction of sp³-hybridized carbons (Fsp3) is 0.579. The van der Waals surface area contributed by atoms with E-state index >= 15 is 0 Å². The second-order valence-electron chi connectivity index (χ2n) is 7.55. The van der Waals surface area contributed by atoms with Gasteiger partial charge >= 0.3 is 0 Å². The predicted octanol–water partition coefficient (Wildman–Crippen LogP) is 2.81. The topological polar surface area (TPSA) is 75.6 Å². The molecule has 6 heteroatoms. The third-order valence-corrected chi connectivity index (χ3v) is 7.52. The molecule has 134 valence electrons. The zero-order valence-electron chi connectivity index (χ0n) is 14.3. The molecule has 1 aromatic rings. The molecular formula is C19H24N2O3S. The number of benzodiazepines with no additional fused rings is 1. The van der Waals surface area contributed by atoms with Crippen LogP contribution in [0.5, 0.6) is 0 Å². The maximum Gasteiger partial charge on any atom is 0.249 e. The van der Waals surface area contributed by atoms with Crippen LogP contribution in [-0.2, 0) is 14.6 Å². The number of fused-ring (bicyclic) bond motifs is 1. The van der Waals surface area contributed by atoms with Crippen molar-refractivity contribution >= 4 is 27.1 Å². The number of benzene rings is 1. The molecule has 0 aromatic heterocycles. The minimum Gasteiger partial charge on any atom is -0.324 e. The maximum absolute atomic E-state index is 12.7. The van der Waals surface area contributed by atoms with Gasteiger partial charge in [-0.05, 0) is 37.7 Å². The Morgan fingerprint density at radius 1 is 1.12 bits per heavy atom. The zero-order valence-corrected chi connectivity index (χ0v) is 15.1. The van der Waals surface area contributed by atoms with Gasteiger partial charge in [-0.3, -0.25) is 9.79 Å². The van der Waals surface area contributed by atoms with E-state index in [0.717, 1.165) is 29.8 Å². The number of nitrogens with zero attached hydrogens (tertiary/aromatic N) is 1. The summed E-state index contributed by atoms with van der Waals surface area (Å²) in [5.41, 5.74) is 2.90. The molecule has 1 aromatic carbocycles. The first kappa shape index (κ1) is 16.8. The van der Waals surface area contributed by atoms with E-state index in [1.807, 2.05) is 24.3 Å². The number of carbonyl (C=O) groups excluding carboxylic acids is 1. The Bertz CT molecular complexity index is 810. The molecule has 2 aliphatic heterocycles. The summed E-state index contributed by atoms with van der Waals surface area (Å²) in [5, 5.41) is 3.02. The summed E-state index contributed by atoms with van der Waals surface area (Å²) >= 11 is 0. The molecule has 4 rings (SSSR count). The Balaban J connectivity index is 1.65. The monoisotopic (exact) mass is 360 g/mol. The third kappa shape index (κ3) is 3.50. The average Bonchev–Trinajstić information content (AvgIpc) is 3.19. The molecule has 2 heterocycles. The second-order valence-corrected chi connectivity index (χ2v) is 9.78. The molecule has 2 fully saturated rings. The Morgan fingerprint density at radius 3 is 2.60 bits per heavy atom. The lowest BCUT2D eigenvalue weighted by atomic mass is 9.93. The van der Waals surface area contributed by atoms with E-state index in [0.29, 0.717) is 18.8 Å². The average molecular weight is 360 g/mol. The number of sulfone groups is 1. The van der Waals surface area contributed by atoms with E-state index < -0.39 is 15.9 Å². The number of nitrogens with one attached hydrogen (secondary N) is 1. The molecular weight excluding hydrogens is 336 g/mol. The van der Waals surface area contributed by atoms with Crippen molar-refractivity contribution in [3.63, 3.8) is 0 Å². The van der Waals surface area contributed by atoms with Gasteiger partial charge in [-0.1, -0.05) is 31.0 Å². The number of rotatable bonds is 3. The summed E-state index contributed by atoms with van der Waals surface area (Å²) in [4.78, 5) is 17.6. The quantitative estimate of drug-likeness (QED) is 0.900. The third-order valence-electron chi connectivity index (χ3n) is 5.68. The van der Waals surface area contributed by atoms with Gasteiger partial charge in [0.2, 0.25) is 5.91 Å². The van der Waals surface area contributed by atoms with Crippen LogP contribution < -0.4 is 5.32 Å². The fourth-order valence-electron chi connectivity index (χ4n) is 4.39. The van der Waals surface area contributed by atoms with Crippen LogP contribution in [0.2, 0.25) is 0 Å². The molecule has 3 aliphatic rings. The Hall–Kier alpha value is -1.69. The van der Waals surface area contributed by atoms with Crippen molar-refractivity contribution in [2.75, 3.05) is 16.8 Å². The molecule has 1 aliphatic carbocycles. The van der Waals surface area contributed by atoms with Crippen LogP contribution >= 0.6 is 0 Å². The van der Waals surface area contributed by atoms with Crippen molar-refractivity contribution < 1.29 is 13.2 Å². The van der Waals surface area contributed by atoms with Crippen molar-refractivity contribution in [2.24, 2.45) is 16.8 Å². The van der Waals surface area contributed by atoms with E-state index in [4.69, 9.17) is 4.99 Å². The van der Waals surface area contributed by atoms with Gasteiger partial charge in [0.1, 0.15) is 6.04 Å². The van der Waals surface area contributed by atoms with Gasteiger partial charge in [-0.15, -0.1) is 0 Å². The Kier molecular flexibility index (Phi) is 4.40. The van der Waals surface area contributed by atoms with Crippen LogP contribution in [0.4, 0.5) is 5.69 Å². The smallest absolute Gasteiger partial charge is 0.249 e. The van der Waals surface area contributed by atoms with Gasteiger partial charge in [0, 0.05) is 22.9 Å². The Morgan fingerprint density at radius 2 is 1.88 bits per heavy atom. The van der Waals surface area contributed by atoms with Crippen LogP contribution in [0.25, 0.3) is 0 Å². The number of hydrogen-bond acceptors (Lipinski definition) is 4. The van der Waals surface area contributed by atoms with E-state index in [-0.39, 0.29) is 23.3 Å². The van der Waals surface area contributed by atoms with E-state index in [1.165, 1.54) is 12.8 Å². The van der Waals surface area contributed by atoms with Crippen molar-refractivity contribution in [2.45, 2.75) is 44.6 Å². The first-order valence-corrected chi connectivity index (χ1v) is 11.0. The van der Waals surface area contributed by atoms with Crippen LogP contribution in [-0.4, -0.2) is 37.6 Å². The van der Waals surface area contributed by atoms with Gasteiger partial charge in [0.05, 0.1) is 11.5 Å². The molecule has 5 nitrogen and oxygen atoms in total. The molecule has 25 heavy (non-hydrogen) atoms. The summed E-state index contributed by atoms with van der Waals surface area (Å²) in [6.07, 6.45) is 5.82. The van der Waals surface area contributed by atoms with Crippen molar-refractivity contribution in [1.82, 2.24) is 0 Å². The van der Waals surface area contributed by atoms with Crippen LogP contribution in [0.3, 0.4) is 0 Å². The SMILES string of the molecule is O=C1Nc2ccccc2C(C2CCCC2)=NC1CC1CCS(=O)(=O)C1. The molecule has 2 atom stereocenters. The van der Waals surface area contributed by atoms with Crippen LogP contribution in [0, 0.1) is 11.8 Å². The first-order valence-electron chi connectivity index (χ1n) is 9.20. The highest BCUT2D eigenvalue weighted by Gasteiger charge is 2.35. The highest BCUT2D eigenvalue weighted by molar-refractivity contribution is 7.91. The highest BCUT2D eigenvalue weighted by atomic mass is 32.2. The summed E-state index contributed by atoms with van der Waals surface area (Å²) in [6.45, 7) is 0. The van der Waals surface area contributed by atoms with E-state index in [2.05, 4.69) is 5.32 Å². The molecule has 1 saturated heterocycles. The number of anilines is 1. The van der Waals surface area contributed by atoms with Crippen molar-refractivity contribution in [3.05, 3.63) is 29.8 Å². The maximum atomic E-state index is 12.7. The summed E-state index contributed by atoms with van der Waals surface area (Å²) in [5.74, 6) is 0.771. The first-order chi connectivity index (χ1) is 12.0. The van der Waals surface area contributed by atoms with Crippen molar-refractivity contribution in [3.8, 4) is 0 Å². The van der Waals surface area contributed by atoms with Gasteiger partial charge in [0.25, 0.3) is 0 Å². The number of para-hydroxylation sites is 1. The highest BCUT2D eigenvalue weighted by Crippen LogP contribution is 2.34. The van der Waals surface area contributed by atoms with Gasteiger partial charge in [0.15, 0.2) is 9.84 Å². The molecule has 0 bridgehead atoms. The molecule has 2 unspecified atom stereocenters. The normalized spacial score (nSPS) is 29.0. The molecule has 1 amide bonds. The number of hydrogen-bond donors (Lipinski definition) is 1. The van der Waals surface area contributed by atoms with E-state index in [1.54, 1.807) is 0 Å². The second kappa shape index (κ2) is 6.56. The van der Waals surface area contributed by atoms with Crippen LogP contribution in [0.1, 0.15) is 44.1 Å². The van der Waals surface area contributed by atoms with Gasteiger partial charge in [-0.2, -0.15) is 0 Å².